The number of aryl methyl sites for hydroxylation is 2. The van der Waals surface area contributed by atoms with Crippen molar-refractivity contribution < 1.29 is 40.6 Å². The van der Waals surface area contributed by atoms with E-state index < -0.39 is 41.2 Å². The van der Waals surface area contributed by atoms with Crippen molar-refractivity contribution in [2.45, 2.75) is 32.1 Å². The number of halogens is 7. The number of benzene rings is 2. The largest absolute Gasteiger partial charge is 0.478 e. The van der Waals surface area contributed by atoms with Crippen LogP contribution in [0.1, 0.15) is 44.1 Å². The van der Waals surface area contributed by atoms with E-state index in [9.17, 15) is 35.5 Å². The van der Waals surface area contributed by atoms with E-state index in [1.165, 1.54) is 13.8 Å². The van der Waals surface area contributed by atoms with Crippen LogP contribution in [0.3, 0.4) is 0 Å². The zero-order chi connectivity index (χ0) is 22.1. The smallest absolute Gasteiger partial charge is 0.417 e. The standard InChI is InChI=1S/C20H15F7O2/c1-10-7-13(8-11(2)17(10)21)15(19(22,23)24)6-4-12-3-5-14(18(28)29)16(9-12)20(25,26)27/h3-9,15H,1-2H3,(H,28,29)/b6-4+. The molecule has 2 nitrogen and oxygen atoms in total. The molecule has 0 bridgehead atoms. The quantitative estimate of drug-likeness (QED) is 0.572. The monoisotopic (exact) mass is 420 g/mol. The van der Waals surface area contributed by atoms with Crippen molar-refractivity contribution in [2.75, 3.05) is 0 Å². The zero-order valence-corrected chi connectivity index (χ0v) is 15.1. The Kier molecular flexibility index (Phi) is 6.10. The van der Waals surface area contributed by atoms with Gasteiger partial charge >= 0.3 is 18.3 Å². The fourth-order valence-electron chi connectivity index (χ4n) is 2.86. The second kappa shape index (κ2) is 7.88. The van der Waals surface area contributed by atoms with Crippen molar-refractivity contribution in [3.8, 4) is 0 Å². The maximum atomic E-state index is 13.7. The Morgan fingerprint density at radius 1 is 1.00 bits per heavy atom. The summed E-state index contributed by atoms with van der Waals surface area (Å²) in [6, 6.07) is 4.18. The fraction of sp³-hybridized carbons (Fsp3) is 0.250. The van der Waals surface area contributed by atoms with Gasteiger partial charge in [-0.3, -0.25) is 0 Å². The van der Waals surface area contributed by atoms with Crippen molar-refractivity contribution in [2.24, 2.45) is 0 Å². The summed E-state index contributed by atoms with van der Waals surface area (Å²) in [5.74, 6) is -4.63. The van der Waals surface area contributed by atoms with Gasteiger partial charge in [0.05, 0.1) is 17.0 Å². The zero-order valence-electron chi connectivity index (χ0n) is 15.1. The summed E-state index contributed by atoms with van der Waals surface area (Å²) >= 11 is 0. The maximum Gasteiger partial charge on any atom is 0.417 e. The summed E-state index contributed by atoms with van der Waals surface area (Å²) in [6.45, 7) is 2.62. The molecular formula is C20H15F7O2. The molecule has 1 N–H and O–H groups in total. The molecule has 0 aromatic heterocycles. The van der Waals surface area contributed by atoms with Crippen LogP contribution in [0.25, 0.3) is 6.08 Å². The summed E-state index contributed by atoms with van der Waals surface area (Å²) in [5.41, 5.74) is -2.98. The minimum Gasteiger partial charge on any atom is -0.478 e. The van der Waals surface area contributed by atoms with Gasteiger partial charge < -0.3 is 5.11 Å². The fourth-order valence-corrected chi connectivity index (χ4v) is 2.86. The van der Waals surface area contributed by atoms with Crippen molar-refractivity contribution in [3.05, 3.63) is 75.6 Å². The number of rotatable bonds is 4. The minimum absolute atomic E-state index is 0.00724. The Bertz CT molecular complexity index is 933. The van der Waals surface area contributed by atoms with Crippen molar-refractivity contribution in [1.29, 1.82) is 0 Å². The minimum atomic E-state index is -4.99. The second-order valence-corrected chi connectivity index (χ2v) is 6.46. The SMILES string of the molecule is Cc1cc(C(/C=C/c2ccc(C(=O)O)c(C(F)(F)F)c2)C(F)(F)F)cc(C)c1F. The molecule has 0 saturated carbocycles. The normalized spacial score (nSPS) is 13.7. The molecule has 2 aromatic rings. The Balaban J connectivity index is 2.52. The van der Waals surface area contributed by atoms with Crippen LogP contribution in [-0.2, 0) is 6.18 Å². The Morgan fingerprint density at radius 3 is 2.00 bits per heavy atom. The van der Waals surface area contributed by atoms with Crippen LogP contribution in [-0.4, -0.2) is 17.3 Å². The van der Waals surface area contributed by atoms with E-state index in [-0.39, 0.29) is 22.3 Å². The van der Waals surface area contributed by atoms with Crippen molar-refractivity contribution >= 4 is 12.0 Å². The average molecular weight is 420 g/mol. The van der Waals surface area contributed by atoms with Crippen LogP contribution in [0.15, 0.2) is 36.4 Å². The number of aromatic carboxylic acids is 1. The molecular weight excluding hydrogens is 405 g/mol. The number of allylic oxidation sites excluding steroid dienone is 1. The van der Waals surface area contributed by atoms with E-state index in [0.29, 0.717) is 18.2 Å². The van der Waals surface area contributed by atoms with Crippen LogP contribution in [0, 0.1) is 19.7 Å². The highest BCUT2D eigenvalue weighted by Crippen LogP contribution is 2.38. The first-order chi connectivity index (χ1) is 13.2. The lowest BCUT2D eigenvalue weighted by molar-refractivity contribution is -0.139. The van der Waals surface area contributed by atoms with E-state index in [2.05, 4.69) is 0 Å². The third-order valence-corrected chi connectivity index (χ3v) is 4.23. The van der Waals surface area contributed by atoms with Gasteiger partial charge in [0.1, 0.15) is 5.82 Å². The molecule has 9 heteroatoms. The molecule has 0 radical (unpaired) electrons. The molecule has 0 amide bonds. The molecule has 2 rings (SSSR count). The van der Waals surface area contributed by atoms with Crippen LogP contribution in [0.2, 0.25) is 0 Å². The molecule has 0 spiro atoms. The summed E-state index contributed by atoms with van der Waals surface area (Å²) in [7, 11) is 0. The van der Waals surface area contributed by atoms with Gasteiger partial charge in [0.25, 0.3) is 0 Å². The molecule has 0 aliphatic heterocycles. The lowest BCUT2D eigenvalue weighted by Gasteiger charge is -2.19. The number of alkyl halides is 6. The van der Waals surface area contributed by atoms with Crippen molar-refractivity contribution in [3.63, 3.8) is 0 Å². The van der Waals surface area contributed by atoms with Crippen molar-refractivity contribution in [1.82, 2.24) is 0 Å². The van der Waals surface area contributed by atoms with E-state index in [1.807, 2.05) is 0 Å². The molecule has 1 unspecified atom stereocenters. The molecule has 156 valence electrons. The maximum absolute atomic E-state index is 13.7. The molecule has 0 saturated heterocycles. The highest BCUT2D eigenvalue weighted by atomic mass is 19.4. The summed E-state index contributed by atoms with van der Waals surface area (Å²) in [5, 5.41) is 8.87. The topological polar surface area (TPSA) is 37.3 Å². The van der Waals surface area contributed by atoms with Gasteiger partial charge in [-0.25, -0.2) is 9.18 Å². The first kappa shape index (κ1) is 22.4. The molecule has 29 heavy (non-hydrogen) atoms. The van der Waals surface area contributed by atoms with Gasteiger partial charge in [-0.2, -0.15) is 26.3 Å². The predicted molar refractivity (Wildman–Crippen MR) is 92.1 cm³/mol. The molecule has 0 heterocycles. The first-order valence-electron chi connectivity index (χ1n) is 8.18. The van der Waals surface area contributed by atoms with E-state index in [4.69, 9.17) is 5.11 Å². The number of hydrogen-bond acceptors (Lipinski definition) is 1. The van der Waals surface area contributed by atoms with Gasteiger partial charge in [-0.15, -0.1) is 0 Å². The highest BCUT2D eigenvalue weighted by molar-refractivity contribution is 5.90. The second-order valence-electron chi connectivity index (χ2n) is 6.46. The number of carboxylic acids is 1. The lowest BCUT2D eigenvalue weighted by Crippen LogP contribution is -2.19. The summed E-state index contributed by atoms with van der Waals surface area (Å²) in [4.78, 5) is 11.0. The number of carboxylic acid groups (broad SMARTS) is 1. The van der Waals surface area contributed by atoms with Gasteiger partial charge in [0, 0.05) is 0 Å². The third kappa shape index (κ3) is 5.16. The van der Waals surface area contributed by atoms with E-state index >= 15 is 0 Å². The molecule has 2 aromatic carbocycles. The summed E-state index contributed by atoms with van der Waals surface area (Å²) < 4.78 is 93.4. The number of hydrogen-bond donors (Lipinski definition) is 1. The predicted octanol–water partition coefficient (Wildman–Crippen LogP) is 6.52. The van der Waals surface area contributed by atoms with E-state index in [0.717, 1.165) is 24.3 Å². The molecule has 0 aliphatic carbocycles. The Morgan fingerprint density at radius 2 is 1.55 bits per heavy atom. The highest BCUT2D eigenvalue weighted by Gasteiger charge is 2.39. The Hall–Kier alpha value is -2.84. The van der Waals surface area contributed by atoms with Gasteiger partial charge in [-0.1, -0.05) is 30.4 Å². The lowest BCUT2D eigenvalue weighted by atomic mass is 9.93. The molecule has 0 aliphatic rings. The van der Waals surface area contributed by atoms with Crippen LogP contribution in [0.5, 0.6) is 0 Å². The van der Waals surface area contributed by atoms with Gasteiger partial charge in [0.15, 0.2) is 0 Å². The van der Waals surface area contributed by atoms with Crippen LogP contribution >= 0.6 is 0 Å². The molecule has 0 fully saturated rings. The van der Waals surface area contributed by atoms with Gasteiger partial charge in [-0.05, 0) is 48.2 Å². The Labute approximate surface area is 161 Å². The van der Waals surface area contributed by atoms with E-state index in [1.54, 1.807) is 0 Å². The van der Waals surface area contributed by atoms with Gasteiger partial charge in [0.2, 0.25) is 0 Å². The van der Waals surface area contributed by atoms with Crippen LogP contribution in [0.4, 0.5) is 30.7 Å². The number of carbonyl (C=O) groups is 1. The molecule has 1 atom stereocenters. The third-order valence-electron chi connectivity index (χ3n) is 4.23. The first-order valence-corrected chi connectivity index (χ1v) is 8.18. The average Bonchev–Trinajstić information content (AvgIpc) is 2.57. The summed E-state index contributed by atoms with van der Waals surface area (Å²) in [6.07, 6.45) is -8.29. The van der Waals surface area contributed by atoms with Crippen LogP contribution < -0.4 is 0 Å².